The fraction of sp³-hybridized carbons (Fsp3) is 0.688. The minimum absolute atomic E-state index is 0.0625. The molecule has 0 aliphatic carbocycles. The number of nitrogens with zero attached hydrogens (tertiary/aromatic N) is 2. The highest BCUT2D eigenvalue weighted by molar-refractivity contribution is 5.43. The van der Waals surface area contributed by atoms with Crippen LogP contribution in [0.3, 0.4) is 0 Å². The Morgan fingerprint density at radius 2 is 1.79 bits per heavy atom. The van der Waals surface area contributed by atoms with Gasteiger partial charge in [-0.3, -0.25) is 0 Å². The number of aliphatic hydroxyl groups excluding tert-OH is 1. The molecule has 0 aromatic carbocycles. The molecule has 1 aromatic rings. The van der Waals surface area contributed by atoms with E-state index in [1.807, 2.05) is 12.1 Å². The van der Waals surface area contributed by atoms with Crippen molar-refractivity contribution in [3.05, 3.63) is 23.4 Å². The van der Waals surface area contributed by atoms with Gasteiger partial charge in [0.05, 0.1) is 6.61 Å². The largest absolute Gasteiger partial charge is 0.392 e. The summed E-state index contributed by atoms with van der Waals surface area (Å²) in [5, 5.41) is 9.40. The van der Waals surface area contributed by atoms with Crippen molar-refractivity contribution in [2.24, 2.45) is 5.41 Å². The fourth-order valence-corrected chi connectivity index (χ4v) is 1.94. The van der Waals surface area contributed by atoms with Crippen LogP contribution in [0.25, 0.3) is 0 Å². The molecule has 0 fully saturated rings. The smallest absolute Gasteiger partial charge is 0.129 e. The Morgan fingerprint density at radius 1 is 1.21 bits per heavy atom. The van der Waals surface area contributed by atoms with E-state index in [9.17, 15) is 5.11 Å². The summed E-state index contributed by atoms with van der Waals surface area (Å²) in [7, 11) is 2.07. The first-order chi connectivity index (χ1) is 8.66. The summed E-state index contributed by atoms with van der Waals surface area (Å²) >= 11 is 0. The van der Waals surface area contributed by atoms with Gasteiger partial charge >= 0.3 is 0 Å². The van der Waals surface area contributed by atoms with E-state index in [0.717, 1.165) is 17.1 Å². The van der Waals surface area contributed by atoms with E-state index in [2.05, 4.69) is 53.5 Å². The van der Waals surface area contributed by atoms with Gasteiger partial charge in [0.2, 0.25) is 0 Å². The Morgan fingerprint density at radius 3 is 2.21 bits per heavy atom. The van der Waals surface area contributed by atoms with Crippen LogP contribution in [-0.2, 0) is 6.61 Å². The van der Waals surface area contributed by atoms with Gasteiger partial charge < -0.3 is 10.0 Å². The summed E-state index contributed by atoms with van der Waals surface area (Å²) < 4.78 is 0. The SMILES string of the molecule is CC(C)c1cc(CO)cc(N(C)C(C)C(C)(C)C)n1. The third-order valence-electron chi connectivity index (χ3n) is 3.86. The molecule has 3 heteroatoms. The molecule has 1 aromatic heterocycles. The van der Waals surface area contributed by atoms with Gasteiger partial charge in [0.25, 0.3) is 0 Å². The van der Waals surface area contributed by atoms with Crippen LogP contribution in [-0.4, -0.2) is 23.2 Å². The Hall–Kier alpha value is -1.09. The van der Waals surface area contributed by atoms with Gasteiger partial charge in [0.1, 0.15) is 5.82 Å². The van der Waals surface area contributed by atoms with E-state index >= 15 is 0 Å². The van der Waals surface area contributed by atoms with E-state index < -0.39 is 0 Å². The van der Waals surface area contributed by atoms with Crippen molar-refractivity contribution in [1.29, 1.82) is 0 Å². The number of anilines is 1. The summed E-state index contributed by atoms with van der Waals surface area (Å²) in [6.45, 7) is 13.2. The van der Waals surface area contributed by atoms with Gasteiger partial charge in [-0.25, -0.2) is 4.98 Å². The number of pyridine rings is 1. The quantitative estimate of drug-likeness (QED) is 0.903. The topological polar surface area (TPSA) is 36.4 Å². The van der Waals surface area contributed by atoms with Crippen LogP contribution in [0.2, 0.25) is 0 Å². The van der Waals surface area contributed by atoms with E-state index in [1.165, 1.54) is 0 Å². The molecule has 1 rings (SSSR count). The average Bonchev–Trinajstić information content (AvgIpc) is 2.35. The van der Waals surface area contributed by atoms with Crippen LogP contribution in [0.4, 0.5) is 5.82 Å². The molecule has 1 heterocycles. The van der Waals surface area contributed by atoms with Crippen molar-refractivity contribution in [1.82, 2.24) is 4.98 Å². The molecule has 1 unspecified atom stereocenters. The number of aromatic nitrogens is 1. The van der Waals surface area contributed by atoms with Gasteiger partial charge in [-0.05, 0) is 36.0 Å². The number of hydrogen-bond acceptors (Lipinski definition) is 3. The molecule has 0 radical (unpaired) electrons. The third-order valence-corrected chi connectivity index (χ3v) is 3.86. The highest BCUT2D eigenvalue weighted by atomic mass is 16.3. The van der Waals surface area contributed by atoms with Crippen molar-refractivity contribution in [2.45, 2.75) is 60.1 Å². The molecule has 108 valence electrons. The molecule has 1 atom stereocenters. The zero-order chi connectivity index (χ0) is 14.8. The lowest BCUT2D eigenvalue weighted by Gasteiger charge is -2.36. The minimum Gasteiger partial charge on any atom is -0.392 e. The Kier molecular flexibility index (Phi) is 4.97. The van der Waals surface area contributed by atoms with Crippen LogP contribution in [0, 0.1) is 5.41 Å². The lowest BCUT2D eigenvalue weighted by atomic mass is 9.87. The number of rotatable bonds is 4. The van der Waals surface area contributed by atoms with E-state index in [0.29, 0.717) is 12.0 Å². The fourth-order valence-electron chi connectivity index (χ4n) is 1.94. The maximum atomic E-state index is 9.40. The summed E-state index contributed by atoms with van der Waals surface area (Å²) in [6, 6.07) is 4.34. The molecule has 19 heavy (non-hydrogen) atoms. The summed E-state index contributed by atoms with van der Waals surface area (Å²) in [4.78, 5) is 6.93. The average molecular weight is 264 g/mol. The van der Waals surface area contributed by atoms with Gasteiger partial charge in [-0.1, -0.05) is 34.6 Å². The second-order valence-electron chi connectivity index (χ2n) is 6.72. The standard InChI is InChI=1S/C16H28N2O/c1-11(2)14-8-13(10-19)9-15(17-14)18(7)12(3)16(4,5)6/h8-9,11-12,19H,10H2,1-7H3. The van der Waals surface area contributed by atoms with Crippen molar-refractivity contribution in [2.75, 3.05) is 11.9 Å². The highest BCUT2D eigenvalue weighted by Gasteiger charge is 2.25. The van der Waals surface area contributed by atoms with Crippen molar-refractivity contribution in [3.63, 3.8) is 0 Å². The first kappa shape index (κ1) is 16.0. The molecule has 0 spiro atoms. The molecule has 0 aliphatic rings. The predicted octanol–water partition coefficient (Wildman–Crippen LogP) is 3.57. The summed E-state index contributed by atoms with van der Waals surface area (Å²) in [5.41, 5.74) is 2.15. The molecular weight excluding hydrogens is 236 g/mol. The lowest BCUT2D eigenvalue weighted by molar-refractivity contribution is 0.281. The van der Waals surface area contributed by atoms with E-state index in [-0.39, 0.29) is 12.0 Å². The predicted molar refractivity (Wildman–Crippen MR) is 81.6 cm³/mol. The molecule has 0 saturated heterocycles. The van der Waals surface area contributed by atoms with Gasteiger partial charge in [0.15, 0.2) is 0 Å². The van der Waals surface area contributed by atoms with Crippen LogP contribution in [0.1, 0.15) is 58.7 Å². The zero-order valence-electron chi connectivity index (χ0n) is 13.4. The summed E-state index contributed by atoms with van der Waals surface area (Å²) in [6.07, 6.45) is 0. The first-order valence-corrected chi connectivity index (χ1v) is 7.01. The number of hydrogen-bond donors (Lipinski definition) is 1. The molecule has 0 aliphatic heterocycles. The molecule has 3 nitrogen and oxygen atoms in total. The molecule has 1 N–H and O–H groups in total. The van der Waals surface area contributed by atoms with Crippen molar-refractivity contribution < 1.29 is 5.11 Å². The normalized spacial score (nSPS) is 13.7. The highest BCUT2D eigenvalue weighted by Crippen LogP contribution is 2.28. The zero-order valence-corrected chi connectivity index (χ0v) is 13.4. The van der Waals surface area contributed by atoms with Gasteiger partial charge in [0, 0.05) is 18.8 Å². The summed E-state index contributed by atoms with van der Waals surface area (Å²) in [5.74, 6) is 1.31. The maximum absolute atomic E-state index is 9.40. The minimum atomic E-state index is 0.0625. The Labute approximate surface area is 117 Å². The van der Waals surface area contributed by atoms with Crippen molar-refractivity contribution in [3.8, 4) is 0 Å². The van der Waals surface area contributed by atoms with Crippen molar-refractivity contribution >= 4 is 5.82 Å². The van der Waals surface area contributed by atoms with Crippen LogP contribution in [0.5, 0.6) is 0 Å². The maximum Gasteiger partial charge on any atom is 0.129 e. The van der Waals surface area contributed by atoms with Crippen LogP contribution >= 0.6 is 0 Å². The van der Waals surface area contributed by atoms with E-state index in [1.54, 1.807) is 0 Å². The van der Waals surface area contributed by atoms with Crippen LogP contribution in [0.15, 0.2) is 12.1 Å². The first-order valence-electron chi connectivity index (χ1n) is 7.01. The van der Waals surface area contributed by atoms with Crippen LogP contribution < -0.4 is 4.90 Å². The molecular formula is C16H28N2O. The molecule has 0 saturated carbocycles. The van der Waals surface area contributed by atoms with E-state index in [4.69, 9.17) is 4.98 Å². The second kappa shape index (κ2) is 5.91. The lowest BCUT2D eigenvalue weighted by Crippen LogP contribution is -2.40. The Bertz CT molecular complexity index is 421. The number of aliphatic hydroxyl groups is 1. The Balaban J connectivity index is 3.15. The third kappa shape index (κ3) is 3.93. The molecule has 0 amide bonds. The van der Waals surface area contributed by atoms with Gasteiger partial charge in [-0.2, -0.15) is 0 Å². The monoisotopic (exact) mass is 264 g/mol. The molecule has 0 bridgehead atoms. The second-order valence-corrected chi connectivity index (χ2v) is 6.72. The van der Waals surface area contributed by atoms with Gasteiger partial charge in [-0.15, -0.1) is 0 Å².